The first-order chi connectivity index (χ1) is 17.6. The minimum absolute atomic E-state index is 0.138. The van der Waals surface area contributed by atoms with Gasteiger partial charge in [0.2, 0.25) is 5.95 Å². The Morgan fingerprint density at radius 1 is 1.14 bits per heavy atom. The molecule has 1 aliphatic rings. The molecule has 4 rings (SSSR count). The molecule has 2 aromatic carbocycles. The monoisotopic (exact) mass is 506 g/mol. The van der Waals surface area contributed by atoms with Crippen LogP contribution < -0.4 is 10.2 Å². The van der Waals surface area contributed by atoms with Crippen molar-refractivity contribution >= 4 is 34.5 Å². The topological polar surface area (TPSA) is 96.7 Å². The number of nitrogens with zero attached hydrogens (tertiary/aromatic N) is 3. The zero-order valence-electron chi connectivity index (χ0n) is 22.2. The fourth-order valence-corrected chi connectivity index (χ4v) is 4.92. The van der Waals surface area contributed by atoms with Gasteiger partial charge in [-0.25, -0.2) is 4.98 Å². The summed E-state index contributed by atoms with van der Waals surface area (Å²) in [6, 6.07) is 14.7. The maximum Gasteiger partial charge on any atom is 0.308 e. The number of carbonyl (C=O) groups excluding carboxylic acids is 2. The van der Waals surface area contributed by atoms with Crippen LogP contribution in [0.2, 0.25) is 0 Å². The molecule has 2 N–H and O–H groups in total. The number of imidazole rings is 1. The Kier molecular flexibility index (Phi) is 8.17. The number of aliphatic hydroxyl groups is 1. The molecule has 0 spiro atoms. The molecule has 1 fully saturated rings. The highest BCUT2D eigenvalue weighted by molar-refractivity contribution is 6.04. The van der Waals surface area contributed by atoms with E-state index >= 15 is 0 Å². The number of carbonyl (C=O) groups is 2. The maximum absolute atomic E-state index is 12.9. The Balaban J connectivity index is 1.61. The number of esters is 1. The highest BCUT2D eigenvalue weighted by atomic mass is 16.6. The first-order valence-electron chi connectivity index (χ1n) is 13.1. The van der Waals surface area contributed by atoms with Crippen LogP contribution in [0.4, 0.5) is 11.6 Å². The Morgan fingerprint density at radius 3 is 2.51 bits per heavy atom. The van der Waals surface area contributed by atoms with E-state index in [0.29, 0.717) is 23.6 Å². The van der Waals surface area contributed by atoms with Crippen molar-refractivity contribution in [3.05, 3.63) is 54.1 Å². The highest BCUT2D eigenvalue weighted by Gasteiger charge is 2.26. The van der Waals surface area contributed by atoms with Crippen LogP contribution in [0.1, 0.15) is 69.7 Å². The third-order valence-electron chi connectivity index (χ3n) is 6.83. The Bertz CT molecular complexity index is 1230. The van der Waals surface area contributed by atoms with E-state index in [1.807, 2.05) is 61.6 Å². The minimum Gasteiger partial charge on any atom is -0.460 e. The average Bonchev–Trinajstić information content (AvgIpc) is 3.22. The molecule has 1 atom stereocenters. The van der Waals surface area contributed by atoms with E-state index in [1.165, 1.54) is 6.42 Å². The van der Waals surface area contributed by atoms with Crippen LogP contribution in [0.5, 0.6) is 0 Å². The number of fused-ring (bicyclic) bond motifs is 1. The summed E-state index contributed by atoms with van der Waals surface area (Å²) in [6.07, 6.45) is 5.17. The van der Waals surface area contributed by atoms with Crippen molar-refractivity contribution < 1.29 is 19.4 Å². The lowest BCUT2D eigenvalue weighted by Crippen LogP contribution is -2.38. The molecular formula is C29H38N4O4. The van der Waals surface area contributed by atoms with Crippen molar-refractivity contribution in [2.24, 2.45) is 5.92 Å². The van der Waals surface area contributed by atoms with Crippen molar-refractivity contribution in [1.29, 1.82) is 0 Å². The number of nitrogens with one attached hydrogen (secondary N) is 1. The fourth-order valence-electron chi connectivity index (χ4n) is 4.92. The van der Waals surface area contributed by atoms with Crippen LogP contribution in [0.15, 0.2) is 48.5 Å². The molecule has 0 saturated heterocycles. The normalized spacial score (nSPS) is 15.4. The van der Waals surface area contributed by atoms with E-state index in [9.17, 15) is 14.7 Å². The van der Waals surface area contributed by atoms with Gasteiger partial charge < -0.3 is 19.3 Å². The Labute approximate surface area is 218 Å². The van der Waals surface area contributed by atoms with E-state index in [1.54, 1.807) is 24.3 Å². The van der Waals surface area contributed by atoms with Gasteiger partial charge in [0.15, 0.2) is 0 Å². The number of aliphatic hydroxyl groups excluding tert-OH is 1. The van der Waals surface area contributed by atoms with Crippen LogP contribution in [0, 0.1) is 5.92 Å². The van der Waals surface area contributed by atoms with Gasteiger partial charge in [-0.05, 0) is 63.9 Å². The second-order valence-corrected chi connectivity index (χ2v) is 10.8. The molecule has 3 aromatic rings. The quantitative estimate of drug-likeness (QED) is 0.316. The smallest absolute Gasteiger partial charge is 0.308 e. The molecular weight excluding hydrogens is 468 g/mol. The largest absolute Gasteiger partial charge is 0.460 e. The van der Waals surface area contributed by atoms with Gasteiger partial charge in [-0.3, -0.25) is 14.9 Å². The number of rotatable bonds is 8. The first-order valence-corrected chi connectivity index (χ1v) is 13.1. The second kappa shape index (κ2) is 11.3. The predicted molar refractivity (Wildman–Crippen MR) is 146 cm³/mol. The number of aryl methyl sites for hydroxylation is 1. The maximum atomic E-state index is 12.9. The van der Waals surface area contributed by atoms with E-state index < -0.39 is 11.8 Å². The van der Waals surface area contributed by atoms with Gasteiger partial charge in [0.1, 0.15) is 11.8 Å². The Morgan fingerprint density at radius 2 is 1.84 bits per heavy atom. The van der Waals surface area contributed by atoms with Crippen molar-refractivity contribution in [2.75, 3.05) is 17.3 Å². The van der Waals surface area contributed by atoms with Crippen molar-refractivity contribution in [3.63, 3.8) is 0 Å². The van der Waals surface area contributed by atoms with Gasteiger partial charge in [-0.1, -0.05) is 37.5 Å². The molecule has 1 amide bonds. The van der Waals surface area contributed by atoms with Crippen LogP contribution >= 0.6 is 0 Å². The number of anilines is 2. The summed E-state index contributed by atoms with van der Waals surface area (Å²) in [5.41, 5.74) is 2.26. The van der Waals surface area contributed by atoms with Gasteiger partial charge in [-0.2, -0.15) is 0 Å². The van der Waals surface area contributed by atoms with Crippen LogP contribution in [0.25, 0.3) is 11.0 Å². The standard InChI is InChI=1S/C29H38N4O4/c1-29(2,3)37-25(34)17-18-33-24-16-15-22(32(4)27(36)21-13-9-6-10-14-21)19-23(24)30-28(33)31-26(35)20-11-7-5-8-12-20/h5,7-8,11-12,15-16,19,21,27,36H,6,9-10,13-14,17-18H2,1-4H3,(H,30,31,35). The number of benzene rings is 2. The van der Waals surface area contributed by atoms with Gasteiger partial charge in [-0.15, -0.1) is 0 Å². The van der Waals surface area contributed by atoms with Gasteiger partial charge in [0, 0.05) is 30.8 Å². The lowest BCUT2D eigenvalue weighted by molar-refractivity contribution is -0.155. The SMILES string of the molecule is CN(c1ccc2c(c1)nc(NC(=O)c1ccccc1)n2CCC(=O)OC(C)(C)C)C(O)C1CCCCC1. The zero-order valence-corrected chi connectivity index (χ0v) is 22.2. The van der Waals surface area contributed by atoms with Crippen molar-refractivity contribution in [3.8, 4) is 0 Å². The number of aromatic nitrogens is 2. The highest BCUT2D eigenvalue weighted by Crippen LogP contribution is 2.31. The van der Waals surface area contributed by atoms with E-state index in [-0.39, 0.29) is 24.2 Å². The summed E-state index contributed by atoms with van der Waals surface area (Å²) in [6.45, 7) is 5.81. The summed E-state index contributed by atoms with van der Waals surface area (Å²) in [5, 5.41) is 13.9. The summed E-state index contributed by atoms with van der Waals surface area (Å²) >= 11 is 0. The number of amides is 1. The van der Waals surface area contributed by atoms with Gasteiger partial charge in [0.05, 0.1) is 17.5 Å². The van der Waals surface area contributed by atoms with E-state index in [2.05, 4.69) is 5.32 Å². The lowest BCUT2D eigenvalue weighted by atomic mass is 9.87. The van der Waals surface area contributed by atoms with Gasteiger partial charge >= 0.3 is 5.97 Å². The van der Waals surface area contributed by atoms with Crippen molar-refractivity contribution in [1.82, 2.24) is 9.55 Å². The lowest BCUT2D eigenvalue weighted by Gasteiger charge is -2.34. The predicted octanol–water partition coefficient (Wildman–Crippen LogP) is 5.36. The molecule has 1 unspecified atom stereocenters. The fraction of sp³-hybridized carbons (Fsp3) is 0.483. The number of ether oxygens (including phenoxy) is 1. The summed E-state index contributed by atoms with van der Waals surface area (Å²) in [7, 11) is 1.90. The summed E-state index contributed by atoms with van der Waals surface area (Å²) < 4.78 is 7.31. The molecule has 1 saturated carbocycles. The molecule has 1 heterocycles. The second-order valence-electron chi connectivity index (χ2n) is 10.8. The zero-order chi connectivity index (χ0) is 26.6. The third-order valence-corrected chi connectivity index (χ3v) is 6.83. The van der Waals surface area contributed by atoms with Crippen molar-refractivity contribution in [2.45, 2.75) is 77.7 Å². The molecule has 37 heavy (non-hydrogen) atoms. The third kappa shape index (κ3) is 6.68. The minimum atomic E-state index is -0.572. The molecule has 8 nitrogen and oxygen atoms in total. The van der Waals surface area contributed by atoms with Crippen LogP contribution in [-0.4, -0.2) is 45.4 Å². The molecule has 1 aromatic heterocycles. The molecule has 8 heteroatoms. The molecule has 198 valence electrons. The summed E-state index contributed by atoms with van der Waals surface area (Å²) in [5.74, 6) is 0.0164. The van der Waals surface area contributed by atoms with E-state index in [4.69, 9.17) is 9.72 Å². The molecule has 0 bridgehead atoms. The van der Waals surface area contributed by atoms with E-state index in [0.717, 1.165) is 36.9 Å². The average molecular weight is 507 g/mol. The Hall–Kier alpha value is -3.39. The molecule has 1 aliphatic carbocycles. The van der Waals surface area contributed by atoms with Crippen LogP contribution in [0.3, 0.4) is 0 Å². The first kappa shape index (κ1) is 26.7. The number of hydrogen-bond acceptors (Lipinski definition) is 6. The molecule has 0 aliphatic heterocycles. The van der Waals surface area contributed by atoms with Crippen LogP contribution in [-0.2, 0) is 16.1 Å². The number of hydrogen-bond donors (Lipinski definition) is 2. The molecule has 0 radical (unpaired) electrons. The summed E-state index contributed by atoms with van der Waals surface area (Å²) in [4.78, 5) is 32.0. The van der Waals surface area contributed by atoms with Gasteiger partial charge in [0.25, 0.3) is 5.91 Å².